The van der Waals surface area contributed by atoms with Crippen LogP contribution in [0.5, 0.6) is 0 Å². The summed E-state index contributed by atoms with van der Waals surface area (Å²) in [5.41, 5.74) is 0.644. The molecule has 18 heavy (non-hydrogen) atoms. The molecule has 0 amide bonds. The fourth-order valence-electron chi connectivity index (χ4n) is 1.34. The van der Waals surface area contributed by atoms with Crippen molar-refractivity contribution in [3.05, 3.63) is 52.3 Å². The van der Waals surface area contributed by atoms with E-state index in [-0.39, 0.29) is 15.9 Å². The standard InChI is InChI=1S/C12H6BrF2N3/c13-9-4-11(15)12(5-10(9)14)18-7-1-2-17-8(3-7)6-16/h1-5H,(H,17,18). The Hall–Kier alpha value is -2.00. The molecule has 90 valence electrons. The van der Waals surface area contributed by atoms with Crippen molar-refractivity contribution in [2.45, 2.75) is 0 Å². The van der Waals surface area contributed by atoms with Crippen LogP contribution in [0.1, 0.15) is 5.69 Å². The largest absolute Gasteiger partial charge is 0.353 e. The molecule has 2 aromatic rings. The summed E-state index contributed by atoms with van der Waals surface area (Å²) in [6.45, 7) is 0. The third-order valence-corrected chi connectivity index (χ3v) is 2.77. The molecule has 3 nitrogen and oxygen atoms in total. The van der Waals surface area contributed by atoms with Gasteiger partial charge in [-0.25, -0.2) is 13.8 Å². The minimum absolute atomic E-state index is 0.00853. The lowest BCUT2D eigenvalue weighted by atomic mass is 10.2. The molecule has 0 radical (unpaired) electrons. The molecule has 1 aromatic heterocycles. The predicted octanol–water partition coefficient (Wildman–Crippen LogP) is 3.74. The summed E-state index contributed by atoms with van der Waals surface area (Å²) in [4.78, 5) is 3.78. The van der Waals surface area contributed by atoms with Gasteiger partial charge in [0.15, 0.2) is 0 Å². The second-order valence-corrected chi connectivity index (χ2v) is 4.27. The van der Waals surface area contributed by atoms with Crippen molar-refractivity contribution in [1.29, 1.82) is 5.26 Å². The topological polar surface area (TPSA) is 48.7 Å². The van der Waals surface area contributed by atoms with Gasteiger partial charge in [-0.2, -0.15) is 5.26 Å². The van der Waals surface area contributed by atoms with Gasteiger partial charge in [0.2, 0.25) is 0 Å². The maximum absolute atomic E-state index is 13.6. The molecule has 0 aliphatic heterocycles. The fourth-order valence-corrected chi connectivity index (χ4v) is 1.66. The van der Waals surface area contributed by atoms with Crippen LogP contribution in [0.25, 0.3) is 0 Å². The molecule has 2 rings (SSSR count). The van der Waals surface area contributed by atoms with Crippen molar-refractivity contribution in [1.82, 2.24) is 4.98 Å². The van der Waals surface area contributed by atoms with Gasteiger partial charge >= 0.3 is 0 Å². The van der Waals surface area contributed by atoms with Crippen LogP contribution < -0.4 is 5.32 Å². The predicted molar refractivity (Wildman–Crippen MR) is 66.3 cm³/mol. The van der Waals surface area contributed by atoms with E-state index in [0.29, 0.717) is 5.69 Å². The second-order valence-electron chi connectivity index (χ2n) is 3.41. The van der Waals surface area contributed by atoms with E-state index in [4.69, 9.17) is 5.26 Å². The summed E-state index contributed by atoms with van der Waals surface area (Å²) in [7, 11) is 0. The Kier molecular flexibility index (Phi) is 3.53. The van der Waals surface area contributed by atoms with Gasteiger partial charge in [0.05, 0.1) is 10.2 Å². The van der Waals surface area contributed by atoms with Gasteiger partial charge < -0.3 is 5.32 Å². The number of aromatic nitrogens is 1. The van der Waals surface area contributed by atoms with E-state index < -0.39 is 11.6 Å². The molecule has 0 bridgehead atoms. The number of anilines is 2. The molecule has 1 heterocycles. The molecule has 0 aliphatic rings. The lowest BCUT2D eigenvalue weighted by molar-refractivity contribution is 0.598. The van der Waals surface area contributed by atoms with Crippen molar-refractivity contribution in [2.24, 2.45) is 0 Å². The molecule has 1 aromatic carbocycles. The highest BCUT2D eigenvalue weighted by Gasteiger charge is 2.08. The molecule has 0 fully saturated rings. The summed E-state index contributed by atoms with van der Waals surface area (Å²) in [5.74, 6) is -1.17. The third-order valence-electron chi connectivity index (χ3n) is 2.16. The minimum atomic E-state index is -0.599. The maximum Gasteiger partial charge on any atom is 0.147 e. The van der Waals surface area contributed by atoms with E-state index >= 15 is 0 Å². The normalized spacial score (nSPS) is 9.89. The summed E-state index contributed by atoms with van der Waals surface area (Å²) < 4.78 is 26.9. The zero-order valence-electron chi connectivity index (χ0n) is 8.92. The highest BCUT2D eigenvalue weighted by atomic mass is 79.9. The number of benzene rings is 1. The van der Waals surface area contributed by atoms with Crippen molar-refractivity contribution in [2.75, 3.05) is 5.32 Å². The summed E-state index contributed by atoms with van der Waals surface area (Å²) in [5, 5.41) is 11.4. The third kappa shape index (κ3) is 2.63. The van der Waals surface area contributed by atoms with Crippen LogP contribution in [0, 0.1) is 23.0 Å². The smallest absolute Gasteiger partial charge is 0.147 e. The van der Waals surface area contributed by atoms with Crippen LogP contribution in [0.3, 0.4) is 0 Å². The van der Waals surface area contributed by atoms with Crippen LogP contribution in [-0.4, -0.2) is 4.98 Å². The molecule has 0 atom stereocenters. The average Bonchev–Trinajstić information content (AvgIpc) is 2.36. The molecular weight excluding hydrogens is 304 g/mol. The van der Waals surface area contributed by atoms with E-state index in [0.717, 1.165) is 12.1 Å². The van der Waals surface area contributed by atoms with E-state index in [1.807, 2.05) is 6.07 Å². The number of nitrogens with one attached hydrogen (secondary N) is 1. The van der Waals surface area contributed by atoms with E-state index in [1.54, 1.807) is 6.07 Å². The molecule has 0 aliphatic carbocycles. The Labute approximate surface area is 110 Å². The van der Waals surface area contributed by atoms with Gasteiger partial charge in [-0.3, -0.25) is 0 Å². The highest BCUT2D eigenvalue weighted by molar-refractivity contribution is 9.10. The lowest BCUT2D eigenvalue weighted by Crippen LogP contribution is -1.96. The zero-order chi connectivity index (χ0) is 13.1. The van der Waals surface area contributed by atoms with E-state index in [2.05, 4.69) is 26.2 Å². The Balaban J connectivity index is 2.34. The second kappa shape index (κ2) is 5.10. The van der Waals surface area contributed by atoms with Gasteiger partial charge in [0.25, 0.3) is 0 Å². The number of pyridine rings is 1. The Bertz CT molecular complexity index is 638. The van der Waals surface area contributed by atoms with Crippen LogP contribution in [0.15, 0.2) is 34.9 Å². The van der Waals surface area contributed by atoms with E-state index in [9.17, 15) is 8.78 Å². The van der Waals surface area contributed by atoms with Crippen LogP contribution >= 0.6 is 15.9 Å². The average molecular weight is 310 g/mol. The first-order valence-corrected chi connectivity index (χ1v) is 5.67. The van der Waals surface area contributed by atoms with Gasteiger partial charge in [0.1, 0.15) is 23.4 Å². The van der Waals surface area contributed by atoms with Crippen molar-refractivity contribution < 1.29 is 8.78 Å². The number of halogens is 3. The van der Waals surface area contributed by atoms with E-state index in [1.165, 1.54) is 12.3 Å². The maximum atomic E-state index is 13.6. The number of rotatable bonds is 2. The van der Waals surface area contributed by atoms with Crippen LogP contribution in [-0.2, 0) is 0 Å². The number of nitrogens with zero attached hydrogens (tertiary/aromatic N) is 2. The Morgan fingerprint density at radius 1 is 1.22 bits per heavy atom. The van der Waals surface area contributed by atoms with Gasteiger partial charge in [0, 0.05) is 18.0 Å². The molecule has 0 saturated carbocycles. The summed E-state index contributed by atoms with van der Waals surface area (Å²) in [6.07, 6.45) is 1.41. The first kappa shape index (κ1) is 12.5. The number of hydrogen-bond acceptors (Lipinski definition) is 3. The fraction of sp³-hybridized carbons (Fsp3) is 0. The highest BCUT2D eigenvalue weighted by Crippen LogP contribution is 2.26. The zero-order valence-corrected chi connectivity index (χ0v) is 10.5. The van der Waals surface area contributed by atoms with Crippen molar-refractivity contribution >= 4 is 27.3 Å². The minimum Gasteiger partial charge on any atom is -0.353 e. The Morgan fingerprint density at radius 3 is 2.72 bits per heavy atom. The molecule has 6 heteroatoms. The summed E-state index contributed by atoms with van der Waals surface area (Å²) >= 11 is 2.89. The van der Waals surface area contributed by atoms with Crippen molar-refractivity contribution in [3.8, 4) is 6.07 Å². The monoisotopic (exact) mass is 309 g/mol. The van der Waals surface area contributed by atoms with Gasteiger partial charge in [-0.15, -0.1) is 0 Å². The first-order valence-electron chi connectivity index (χ1n) is 4.88. The molecular formula is C12H6BrF2N3. The first-order chi connectivity index (χ1) is 8.60. The quantitative estimate of drug-likeness (QED) is 0.860. The SMILES string of the molecule is N#Cc1cc(Nc2cc(F)c(Br)cc2F)ccn1. The number of hydrogen-bond donors (Lipinski definition) is 1. The van der Waals surface area contributed by atoms with Gasteiger partial charge in [-0.1, -0.05) is 0 Å². The van der Waals surface area contributed by atoms with Gasteiger partial charge in [-0.05, 0) is 34.1 Å². The van der Waals surface area contributed by atoms with Crippen LogP contribution in [0.4, 0.5) is 20.2 Å². The summed E-state index contributed by atoms with van der Waals surface area (Å²) in [6, 6.07) is 6.93. The number of nitriles is 1. The molecule has 0 saturated heterocycles. The van der Waals surface area contributed by atoms with Crippen molar-refractivity contribution in [3.63, 3.8) is 0 Å². The Morgan fingerprint density at radius 2 is 2.00 bits per heavy atom. The molecule has 1 N–H and O–H groups in total. The lowest BCUT2D eigenvalue weighted by Gasteiger charge is -2.08. The molecule has 0 spiro atoms. The van der Waals surface area contributed by atoms with Crippen LogP contribution in [0.2, 0.25) is 0 Å². The molecule has 0 unspecified atom stereocenters.